The highest BCUT2D eigenvalue weighted by Gasteiger charge is 2.31. The van der Waals surface area contributed by atoms with Gasteiger partial charge in [0.15, 0.2) is 0 Å². The van der Waals surface area contributed by atoms with E-state index in [1.807, 2.05) is 0 Å². The smallest absolute Gasteiger partial charge is 0.324 e. The standard InChI is InChI=1S/C21H22F3N3O2/c1-14-10-19(28)25-17-8-3-4-9-18(17)27(14)20(29)13-26(2)12-15-6-5-7-16(11-15)21(22,23)24/h3-9,11,14H,10,12-13H2,1-2H3,(H,25,28)/t14-/m1/s1. The number of carbonyl (C=O) groups is 2. The number of fused-ring (bicyclic) bond motifs is 1. The maximum atomic E-state index is 13.0. The number of hydrogen-bond donors (Lipinski definition) is 1. The molecule has 29 heavy (non-hydrogen) atoms. The Morgan fingerprint density at radius 3 is 2.66 bits per heavy atom. The Kier molecular flexibility index (Phi) is 5.93. The molecule has 0 radical (unpaired) electrons. The Morgan fingerprint density at radius 1 is 1.21 bits per heavy atom. The molecule has 0 unspecified atom stereocenters. The lowest BCUT2D eigenvalue weighted by atomic mass is 10.1. The number of rotatable bonds is 4. The Bertz CT molecular complexity index is 914. The SMILES string of the molecule is C[C@@H]1CC(=O)Nc2ccccc2N1C(=O)CN(C)Cc1cccc(C(F)(F)F)c1. The summed E-state index contributed by atoms with van der Waals surface area (Å²) in [6, 6.07) is 11.8. The quantitative estimate of drug-likeness (QED) is 0.840. The summed E-state index contributed by atoms with van der Waals surface area (Å²) in [7, 11) is 1.68. The zero-order chi connectivity index (χ0) is 21.2. The van der Waals surface area contributed by atoms with Crippen LogP contribution in [0.5, 0.6) is 0 Å². The summed E-state index contributed by atoms with van der Waals surface area (Å²) in [6.45, 7) is 1.99. The molecular formula is C21H22F3N3O2. The van der Waals surface area contributed by atoms with Gasteiger partial charge in [-0.15, -0.1) is 0 Å². The summed E-state index contributed by atoms with van der Waals surface area (Å²) < 4.78 is 38.7. The fourth-order valence-corrected chi connectivity index (χ4v) is 3.49. The highest BCUT2D eigenvalue weighted by atomic mass is 19.4. The fourth-order valence-electron chi connectivity index (χ4n) is 3.49. The minimum Gasteiger partial charge on any atom is -0.324 e. The highest BCUT2D eigenvalue weighted by molar-refractivity contribution is 6.04. The van der Waals surface area contributed by atoms with Gasteiger partial charge in [0.25, 0.3) is 0 Å². The van der Waals surface area contributed by atoms with Gasteiger partial charge in [-0.2, -0.15) is 13.2 Å². The summed E-state index contributed by atoms with van der Waals surface area (Å²) in [6.07, 6.45) is -4.24. The van der Waals surface area contributed by atoms with Crippen molar-refractivity contribution in [1.82, 2.24) is 4.90 Å². The van der Waals surface area contributed by atoms with Crippen molar-refractivity contribution < 1.29 is 22.8 Å². The van der Waals surface area contributed by atoms with Gasteiger partial charge in [-0.3, -0.25) is 14.5 Å². The van der Waals surface area contributed by atoms with Gasteiger partial charge in [0.1, 0.15) is 0 Å². The average Bonchev–Trinajstić information content (AvgIpc) is 2.75. The first-order valence-corrected chi connectivity index (χ1v) is 9.21. The molecule has 154 valence electrons. The van der Waals surface area contributed by atoms with Crippen LogP contribution in [0, 0.1) is 0 Å². The molecule has 1 aliphatic heterocycles. The number of likely N-dealkylation sites (N-methyl/N-ethyl adjacent to an activating group) is 1. The molecule has 1 atom stereocenters. The molecule has 8 heteroatoms. The summed E-state index contributed by atoms with van der Waals surface area (Å²) >= 11 is 0. The summed E-state index contributed by atoms with van der Waals surface area (Å²) in [4.78, 5) is 28.3. The van der Waals surface area contributed by atoms with E-state index in [2.05, 4.69) is 5.32 Å². The molecule has 0 fully saturated rings. The molecule has 2 aromatic rings. The van der Waals surface area contributed by atoms with Crippen LogP contribution >= 0.6 is 0 Å². The summed E-state index contributed by atoms with van der Waals surface area (Å²) in [5.74, 6) is -0.395. The van der Waals surface area contributed by atoms with E-state index in [4.69, 9.17) is 0 Å². The lowest BCUT2D eigenvalue weighted by Crippen LogP contribution is -2.44. The lowest BCUT2D eigenvalue weighted by molar-refractivity contribution is -0.137. The third-order valence-corrected chi connectivity index (χ3v) is 4.74. The first-order valence-electron chi connectivity index (χ1n) is 9.21. The van der Waals surface area contributed by atoms with E-state index in [-0.39, 0.29) is 37.4 Å². The molecule has 0 aliphatic carbocycles. The Morgan fingerprint density at radius 2 is 1.93 bits per heavy atom. The second-order valence-electron chi connectivity index (χ2n) is 7.25. The summed E-state index contributed by atoms with van der Waals surface area (Å²) in [5.41, 5.74) is 0.935. The number of halogens is 3. The molecule has 0 saturated heterocycles. The second kappa shape index (κ2) is 8.24. The molecule has 0 spiro atoms. The molecular weight excluding hydrogens is 383 g/mol. The van der Waals surface area contributed by atoms with E-state index in [1.165, 1.54) is 6.07 Å². The van der Waals surface area contributed by atoms with Crippen LogP contribution in [0.25, 0.3) is 0 Å². The Labute approximate surface area is 167 Å². The van der Waals surface area contributed by atoms with Gasteiger partial charge in [0.05, 0.1) is 23.5 Å². The van der Waals surface area contributed by atoms with E-state index in [0.717, 1.165) is 12.1 Å². The van der Waals surface area contributed by atoms with Gasteiger partial charge < -0.3 is 10.2 Å². The highest BCUT2D eigenvalue weighted by Crippen LogP contribution is 2.32. The fraction of sp³-hybridized carbons (Fsp3) is 0.333. The predicted molar refractivity (Wildman–Crippen MR) is 104 cm³/mol. The van der Waals surface area contributed by atoms with Crippen LogP contribution in [-0.4, -0.2) is 36.3 Å². The number of nitrogens with zero attached hydrogens (tertiary/aromatic N) is 2. The first kappa shape index (κ1) is 20.9. The average molecular weight is 405 g/mol. The molecule has 2 aromatic carbocycles. The van der Waals surface area contributed by atoms with E-state index >= 15 is 0 Å². The van der Waals surface area contributed by atoms with Crippen LogP contribution in [0.2, 0.25) is 0 Å². The van der Waals surface area contributed by atoms with Gasteiger partial charge in [0, 0.05) is 19.0 Å². The third-order valence-electron chi connectivity index (χ3n) is 4.74. The second-order valence-corrected chi connectivity index (χ2v) is 7.25. The number of anilines is 2. The minimum atomic E-state index is -4.41. The van der Waals surface area contributed by atoms with Gasteiger partial charge in [0.2, 0.25) is 11.8 Å². The van der Waals surface area contributed by atoms with Crippen LogP contribution in [0.3, 0.4) is 0 Å². The monoisotopic (exact) mass is 405 g/mol. The molecule has 0 aromatic heterocycles. The van der Waals surface area contributed by atoms with Crippen molar-refractivity contribution in [2.45, 2.75) is 32.1 Å². The number of carbonyl (C=O) groups excluding carboxylic acids is 2. The van der Waals surface area contributed by atoms with Crippen LogP contribution in [0.4, 0.5) is 24.5 Å². The predicted octanol–water partition coefficient (Wildman–Crippen LogP) is 3.90. The zero-order valence-corrected chi connectivity index (χ0v) is 16.2. The maximum Gasteiger partial charge on any atom is 0.416 e. The first-order chi connectivity index (χ1) is 13.6. The number of alkyl halides is 3. The maximum absolute atomic E-state index is 13.0. The molecule has 2 amide bonds. The molecule has 5 nitrogen and oxygen atoms in total. The van der Waals surface area contributed by atoms with Crippen molar-refractivity contribution in [3.8, 4) is 0 Å². The molecule has 1 heterocycles. The van der Waals surface area contributed by atoms with E-state index in [1.54, 1.807) is 54.1 Å². The van der Waals surface area contributed by atoms with Crippen LogP contribution in [-0.2, 0) is 22.3 Å². The molecule has 1 N–H and O–H groups in total. The third kappa shape index (κ3) is 4.95. The number of benzene rings is 2. The lowest BCUT2D eigenvalue weighted by Gasteiger charge is -2.29. The number of nitrogens with one attached hydrogen (secondary N) is 1. The summed E-state index contributed by atoms with van der Waals surface area (Å²) in [5, 5.41) is 2.80. The number of para-hydroxylation sites is 2. The largest absolute Gasteiger partial charge is 0.416 e. The van der Waals surface area contributed by atoms with Crippen molar-refractivity contribution in [1.29, 1.82) is 0 Å². The van der Waals surface area contributed by atoms with Gasteiger partial charge in [-0.25, -0.2) is 0 Å². The van der Waals surface area contributed by atoms with Gasteiger partial charge >= 0.3 is 6.18 Å². The Hall–Kier alpha value is -2.87. The van der Waals surface area contributed by atoms with Crippen molar-refractivity contribution >= 4 is 23.2 Å². The van der Waals surface area contributed by atoms with Crippen LogP contribution < -0.4 is 10.2 Å². The molecule has 0 saturated carbocycles. The van der Waals surface area contributed by atoms with E-state index in [9.17, 15) is 22.8 Å². The topological polar surface area (TPSA) is 52.7 Å². The number of hydrogen-bond acceptors (Lipinski definition) is 3. The molecule has 1 aliphatic rings. The molecule has 3 rings (SSSR count). The minimum absolute atomic E-state index is 0.00309. The van der Waals surface area contributed by atoms with Crippen molar-refractivity contribution in [2.24, 2.45) is 0 Å². The van der Waals surface area contributed by atoms with Crippen molar-refractivity contribution in [3.05, 3.63) is 59.7 Å². The van der Waals surface area contributed by atoms with Crippen LogP contribution in [0.1, 0.15) is 24.5 Å². The van der Waals surface area contributed by atoms with E-state index < -0.39 is 11.7 Å². The van der Waals surface area contributed by atoms with Gasteiger partial charge in [-0.1, -0.05) is 30.3 Å². The van der Waals surface area contributed by atoms with E-state index in [0.29, 0.717) is 16.9 Å². The zero-order valence-electron chi connectivity index (χ0n) is 16.2. The van der Waals surface area contributed by atoms with Crippen molar-refractivity contribution in [3.63, 3.8) is 0 Å². The normalized spacial score (nSPS) is 17.0. The molecule has 0 bridgehead atoms. The van der Waals surface area contributed by atoms with Crippen LogP contribution in [0.15, 0.2) is 48.5 Å². The van der Waals surface area contributed by atoms with Gasteiger partial charge in [-0.05, 0) is 37.7 Å². The number of amides is 2. The van der Waals surface area contributed by atoms with Crippen molar-refractivity contribution in [2.75, 3.05) is 23.8 Å². The Balaban J connectivity index is 1.75.